The Balaban J connectivity index is 2.47. The van der Waals surface area contributed by atoms with Crippen LogP contribution < -0.4 is 10.4 Å². The number of rotatable bonds is 10. The lowest BCUT2D eigenvalue weighted by molar-refractivity contribution is 0.0727. The van der Waals surface area contributed by atoms with Crippen molar-refractivity contribution < 1.29 is 17.0 Å². The molecule has 172 valence electrons. The molecule has 0 aliphatic heterocycles. The third-order valence-corrected chi connectivity index (χ3v) is 12.2. The van der Waals surface area contributed by atoms with E-state index < -0.39 is 29.8 Å². The molecule has 0 radical (unpaired) electrons. The van der Waals surface area contributed by atoms with Crippen LogP contribution in [0.3, 0.4) is 0 Å². The lowest BCUT2D eigenvalue weighted by Crippen LogP contribution is -2.67. The van der Waals surface area contributed by atoms with Crippen LogP contribution in [0.4, 0.5) is 0 Å². The predicted octanol–water partition coefficient (Wildman–Crippen LogP) is 4.77. The first kappa shape index (κ1) is 26.1. The molecule has 0 saturated heterocycles. The zero-order chi connectivity index (χ0) is 23.3. The van der Waals surface area contributed by atoms with Crippen LogP contribution in [-0.2, 0) is 18.7 Å². The fraction of sp³-hybridized carbons (Fsp3) is 0.500. The molecule has 2 rings (SSSR count). The Hall–Kier alpha value is -1.18. The minimum Gasteiger partial charge on any atom is -0.407 e. The topological polar surface area (TPSA) is 52.6 Å². The van der Waals surface area contributed by atoms with Crippen LogP contribution in [0, 0.1) is 11.8 Å². The number of hydrogen-bond donors (Lipinski definition) is 0. The van der Waals surface area contributed by atoms with Gasteiger partial charge < -0.3 is 4.43 Å². The van der Waals surface area contributed by atoms with E-state index in [9.17, 15) is 8.42 Å². The molecule has 0 N–H and O–H groups in total. The van der Waals surface area contributed by atoms with E-state index in [0.717, 1.165) is 0 Å². The molecule has 31 heavy (non-hydrogen) atoms. The lowest BCUT2D eigenvalue weighted by Gasteiger charge is -2.44. The molecule has 0 aliphatic carbocycles. The summed E-state index contributed by atoms with van der Waals surface area (Å²) in [4.78, 5) is 0. The molecular formula is C24H35ClO4SSi. The molecule has 2 aromatic rings. The van der Waals surface area contributed by atoms with Crippen LogP contribution in [0.5, 0.6) is 0 Å². The second-order valence-corrected chi connectivity index (χ2v) is 15.9. The summed E-state index contributed by atoms with van der Waals surface area (Å²) < 4.78 is 36.5. The second kappa shape index (κ2) is 10.6. The maximum absolute atomic E-state index is 12.0. The number of benzene rings is 2. The van der Waals surface area contributed by atoms with Crippen molar-refractivity contribution in [3.05, 3.63) is 60.7 Å². The van der Waals surface area contributed by atoms with E-state index in [4.69, 9.17) is 20.2 Å². The quantitative estimate of drug-likeness (QED) is 0.278. The fourth-order valence-corrected chi connectivity index (χ4v) is 9.80. The van der Waals surface area contributed by atoms with E-state index in [1.165, 1.54) is 10.4 Å². The highest BCUT2D eigenvalue weighted by Crippen LogP contribution is 2.37. The molecule has 0 amide bonds. The monoisotopic (exact) mass is 482 g/mol. The molecule has 0 heterocycles. The summed E-state index contributed by atoms with van der Waals surface area (Å²) in [6.07, 6.45) is -0.512. The van der Waals surface area contributed by atoms with Gasteiger partial charge in [0.15, 0.2) is 0 Å². The van der Waals surface area contributed by atoms with Gasteiger partial charge in [-0.15, -0.1) is 11.6 Å². The lowest BCUT2D eigenvalue weighted by atomic mass is 9.96. The average Bonchev–Trinajstić information content (AvgIpc) is 2.72. The summed E-state index contributed by atoms with van der Waals surface area (Å²) in [5, 5.41) is 1.68. The van der Waals surface area contributed by atoms with E-state index >= 15 is 0 Å². The number of hydrogen-bond acceptors (Lipinski definition) is 4. The summed E-state index contributed by atoms with van der Waals surface area (Å²) in [5.41, 5.74) is 0. The third-order valence-electron chi connectivity index (χ3n) is 5.59. The molecule has 0 aromatic heterocycles. The minimum atomic E-state index is -3.77. The molecule has 0 aliphatic rings. The smallest absolute Gasteiger partial charge is 0.281 e. The van der Waals surface area contributed by atoms with Gasteiger partial charge in [-0.25, -0.2) is 0 Å². The molecule has 2 atom stereocenters. The van der Waals surface area contributed by atoms with E-state index in [0.29, 0.717) is 6.61 Å². The Morgan fingerprint density at radius 1 is 0.903 bits per heavy atom. The molecule has 0 unspecified atom stereocenters. The van der Waals surface area contributed by atoms with E-state index in [1.807, 2.05) is 57.2 Å². The van der Waals surface area contributed by atoms with Crippen molar-refractivity contribution >= 4 is 40.4 Å². The fourth-order valence-electron chi connectivity index (χ4n) is 4.17. The van der Waals surface area contributed by atoms with Crippen molar-refractivity contribution in [3.63, 3.8) is 0 Å². The summed E-state index contributed by atoms with van der Waals surface area (Å²) in [7, 11) is -6.46. The Labute approximate surface area is 194 Å². The van der Waals surface area contributed by atoms with Gasteiger partial charge in [-0.2, -0.15) is 8.42 Å². The van der Waals surface area contributed by atoms with E-state index in [2.05, 4.69) is 45.0 Å². The first-order chi connectivity index (χ1) is 14.4. The highest BCUT2D eigenvalue weighted by molar-refractivity contribution is 7.87. The Morgan fingerprint density at radius 2 is 1.35 bits per heavy atom. The van der Waals surface area contributed by atoms with Crippen LogP contribution in [0.1, 0.15) is 41.5 Å². The average molecular weight is 483 g/mol. The van der Waals surface area contributed by atoms with Crippen molar-refractivity contribution in [1.29, 1.82) is 0 Å². The third kappa shape index (κ3) is 6.20. The molecular weight excluding hydrogens is 448 g/mol. The van der Waals surface area contributed by atoms with Crippen molar-refractivity contribution in [1.82, 2.24) is 0 Å². The van der Waals surface area contributed by atoms with Gasteiger partial charge in [0.05, 0.1) is 6.10 Å². The Morgan fingerprint density at radius 3 is 1.71 bits per heavy atom. The van der Waals surface area contributed by atoms with E-state index in [-0.39, 0.29) is 16.9 Å². The zero-order valence-electron chi connectivity index (χ0n) is 19.3. The molecule has 0 spiro atoms. The molecule has 0 bridgehead atoms. The summed E-state index contributed by atoms with van der Waals surface area (Å²) >= 11 is 5.58. The van der Waals surface area contributed by atoms with Crippen LogP contribution in [0.2, 0.25) is 5.04 Å². The van der Waals surface area contributed by atoms with Crippen LogP contribution in [0.15, 0.2) is 60.7 Å². The maximum atomic E-state index is 12.0. The summed E-state index contributed by atoms with van der Waals surface area (Å²) in [6, 6.07) is 20.8. The van der Waals surface area contributed by atoms with Crippen LogP contribution >= 0.6 is 11.6 Å². The molecule has 7 heteroatoms. The molecule has 4 nitrogen and oxygen atoms in total. The predicted molar refractivity (Wildman–Crippen MR) is 132 cm³/mol. The van der Waals surface area contributed by atoms with Gasteiger partial charge >= 0.3 is 0 Å². The second-order valence-electron chi connectivity index (χ2n) is 9.42. The molecule has 2 aromatic carbocycles. The maximum Gasteiger partial charge on any atom is 0.281 e. The molecule has 0 saturated carbocycles. The summed E-state index contributed by atoms with van der Waals surface area (Å²) in [5.74, 6) is -0.143. The zero-order valence-corrected chi connectivity index (χ0v) is 21.9. The van der Waals surface area contributed by atoms with Gasteiger partial charge in [0.25, 0.3) is 18.4 Å². The van der Waals surface area contributed by atoms with Gasteiger partial charge in [-0.05, 0) is 21.3 Å². The summed E-state index contributed by atoms with van der Waals surface area (Å²) in [6.45, 7) is 12.9. The highest BCUT2D eigenvalue weighted by Gasteiger charge is 2.50. The largest absolute Gasteiger partial charge is 0.407 e. The molecule has 0 fully saturated rings. The minimum absolute atomic E-state index is 0.00394. The van der Waals surface area contributed by atoms with Gasteiger partial charge in [0.1, 0.15) is 5.21 Å². The Bertz CT molecular complexity index is 872. The SMILES string of the molecule is CC(C)[C@@H](OS(=O)(=O)CCl)[C@@H](C)CO[Si](c1ccccc1)(c1ccccc1)C(C)(C)C. The van der Waals surface area contributed by atoms with E-state index in [1.54, 1.807) is 0 Å². The van der Waals surface area contributed by atoms with Gasteiger partial charge in [0, 0.05) is 12.5 Å². The van der Waals surface area contributed by atoms with Crippen LogP contribution in [0.25, 0.3) is 0 Å². The first-order valence-corrected chi connectivity index (χ1v) is 14.7. The van der Waals surface area contributed by atoms with Gasteiger partial charge in [-0.1, -0.05) is 102 Å². The van der Waals surface area contributed by atoms with Crippen LogP contribution in [-0.4, -0.2) is 34.7 Å². The Kier molecular flexibility index (Phi) is 8.93. The highest BCUT2D eigenvalue weighted by atomic mass is 35.5. The van der Waals surface area contributed by atoms with Gasteiger partial charge in [0.2, 0.25) is 0 Å². The van der Waals surface area contributed by atoms with Crippen molar-refractivity contribution in [2.45, 2.75) is 52.7 Å². The first-order valence-electron chi connectivity index (χ1n) is 10.7. The standard InChI is InChI=1S/C24H35ClO4SSi/c1-19(2)23(29-30(26,27)18-25)20(3)17-28-31(24(4,5)6,21-13-9-7-10-14-21)22-15-11-8-12-16-22/h7-16,19-20,23H,17-18H2,1-6H3/t20-,23+/m0/s1. The van der Waals surface area contributed by atoms with Gasteiger partial charge in [-0.3, -0.25) is 4.18 Å². The number of alkyl halides is 1. The van der Waals surface area contributed by atoms with Crippen molar-refractivity contribution in [2.24, 2.45) is 11.8 Å². The number of halogens is 1. The van der Waals surface area contributed by atoms with Crippen molar-refractivity contribution in [2.75, 3.05) is 11.8 Å². The normalized spacial score (nSPS) is 15.1. The van der Waals surface area contributed by atoms with Crippen molar-refractivity contribution in [3.8, 4) is 0 Å².